The summed E-state index contributed by atoms with van der Waals surface area (Å²) in [6.07, 6.45) is 1.57. The number of anilines is 3. The molecule has 10 nitrogen and oxygen atoms in total. The summed E-state index contributed by atoms with van der Waals surface area (Å²) in [5.74, 6) is 1.64. The van der Waals surface area contributed by atoms with E-state index in [2.05, 4.69) is 41.7 Å². The number of nitrogens with zero attached hydrogens (tertiary/aromatic N) is 5. The zero-order chi connectivity index (χ0) is 25.1. The number of nitrogens with two attached hydrogens (primary N) is 4. The first-order valence-electron chi connectivity index (χ1n) is 12.6. The third kappa shape index (κ3) is 5.90. The van der Waals surface area contributed by atoms with E-state index >= 15 is 0 Å². The number of aromatic nitrogens is 3. The van der Waals surface area contributed by atoms with E-state index in [1.807, 2.05) is 28.0 Å². The topological polar surface area (TPSA) is 161 Å². The van der Waals surface area contributed by atoms with Crippen LogP contribution in [0.3, 0.4) is 0 Å². The molecular formula is C26H36N10. The molecule has 5 rings (SSSR count). The van der Waals surface area contributed by atoms with Crippen LogP contribution in [0, 0.1) is 0 Å². The number of benzene rings is 2. The van der Waals surface area contributed by atoms with Crippen LogP contribution in [0.1, 0.15) is 18.4 Å². The molecule has 2 fully saturated rings. The van der Waals surface area contributed by atoms with Crippen LogP contribution in [0.5, 0.6) is 0 Å². The highest BCUT2D eigenvalue weighted by atomic mass is 15.4. The van der Waals surface area contributed by atoms with Crippen molar-refractivity contribution in [2.24, 2.45) is 22.9 Å². The molecule has 0 spiro atoms. The normalized spacial score (nSPS) is 24.6. The SMILES string of the molecule is NC1CC(N)CN(c2nc(NCc3ccc(-c4ccccc4)cc3)nc(N3CC(N)CC(N)C3)n2)C1. The van der Waals surface area contributed by atoms with E-state index in [0.717, 1.165) is 18.4 Å². The van der Waals surface area contributed by atoms with Gasteiger partial charge >= 0.3 is 0 Å². The first-order chi connectivity index (χ1) is 17.4. The molecule has 0 aliphatic carbocycles. The van der Waals surface area contributed by atoms with Crippen LogP contribution < -0.4 is 38.1 Å². The van der Waals surface area contributed by atoms with Gasteiger partial charge in [0.15, 0.2) is 0 Å². The van der Waals surface area contributed by atoms with E-state index in [-0.39, 0.29) is 24.2 Å². The lowest BCUT2D eigenvalue weighted by Gasteiger charge is -2.37. The van der Waals surface area contributed by atoms with Gasteiger partial charge in [0.2, 0.25) is 17.8 Å². The van der Waals surface area contributed by atoms with Crippen LogP contribution in [0.2, 0.25) is 0 Å². The molecule has 0 saturated carbocycles. The third-order valence-corrected chi connectivity index (χ3v) is 6.72. The standard InChI is InChI=1S/C26H36N10/c27-20-10-21(28)14-35(13-20)25-32-24(33-26(34-25)36-15-22(29)11-23(30)16-36)31-12-17-6-8-19(9-7-17)18-4-2-1-3-5-18/h1-9,20-23H,10-16,27-30H2,(H,31,32,33,34). The number of hydrogen-bond acceptors (Lipinski definition) is 10. The molecule has 4 unspecified atom stereocenters. The average Bonchev–Trinajstić information content (AvgIpc) is 2.87. The Hall–Kier alpha value is -3.31. The maximum absolute atomic E-state index is 6.25. The zero-order valence-corrected chi connectivity index (χ0v) is 20.5. The van der Waals surface area contributed by atoms with Crippen LogP contribution in [0.4, 0.5) is 17.8 Å². The number of rotatable bonds is 6. The Morgan fingerprint density at radius 3 is 1.61 bits per heavy atom. The first-order valence-corrected chi connectivity index (χ1v) is 12.6. The maximum Gasteiger partial charge on any atom is 0.232 e. The van der Waals surface area contributed by atoms with Crippen LogP contribution in [-0.2, 0) is 6.54 Å². The fourth-order valence-electron chi connectivity index (χ4n) is 5.03. The molecule has 4 atom stereocenters. The van der Waals surface area contributed by atoms with E-state index in [1.165, 1.54) is 11.1 Å². The van der Waals surface area contributed by atoms with Gasteiger partial charge in [-0.15, -0.1) is 0 Å². The van der Waals surface area contributed by atoms with Gasteiger partial charge in [-0.2, -0.15) is 15.0 Å². The van der Waals surface area contributed by atoms with E-state index in [0.29, 0.717) is 50.6 Å². The van der Waals surface area contributed by atoms with Crippen LogP contribution in [-0.4, -0.2) is 65.3 Å². The molecule has 3 aromatic rings. The summed E-state index contributed by atoms with van der Waals surface area (Å²) in [7, 11) is 0. The molecule has 2 aromatic carbocycles. The van der Waals surface area contributed by atoms with Crippen molar-refractivity contribution >= 4 is 17.8 Å². The van der Waals surface area contributed by atoms with E-state index in [4.69, 9.17) is 37.9 Å². The minimum absolute atomic E-state index is 0.0228. The Morgan fingerprint density at radius 2 is 1.11 bits per heavy atom. The molecule has 1 aromatic heterocycles. The quantitative estimate of drug-likeness (QED) is 0.337. The number of piperidine rings is 2. The van der Waals surface area contributed by atoms with Gasteiger partial charge in [-0.3, -0.25) is 0 Å². The predicted molar refractivity (Wildman–Crippen MR) is 145 cm³/mol. The molecule has 2 saturated heterocycles. The van der Waals surface area contributed by atoms with Gasteiger partial charge in [-0.05, 0) is 29.5 Å². The second-order valence-corrected chi connectivity index (χ2v) is 10.00. The van der Waals surface area contributed by atoms with E-state index < -0.39 is 0 Å². The van der Waals surface area contributed by atoms with Gasteiger partial charge in [0.25, 0.3) is 0 Å². The highest BCUT2D eigenvalue weighted by molar-refractivity contribution is 5.63. The molecule has 36 heavy (non-hydrogen) atoms. The molecule has 0 radical (unpaired) electrons. The van der Waals surface area contributed by atoms with Gasteiger partial charge in [-0.25, -0.2) is 0 Å². The summed E-state index contributed by atoms with van der Waals surface area (Å²) >= 11 is 0. The Morgan fingerprint density at radius 1 is 0.639 bits per heavy atom. The van der Waals surface area contributed by atoms with Crippen molar-refractivity contribution < 1.29 is 0 Å². The highest BCUT2D eigenvalue weighted by Crippen LogP contribution is 2.23. The zero-order valence-electron chi connectivity index (χ0n) is 20.5. The molecule has 0 amide bonds. The molecular weight excluding hydrogens is 452 g/mol. The molecule has 3 heterocycles. The van der Waals surface area contributed by atoms with E-state index in [9.17, 15) is 0 Å². The average molecular weight is 489 g/mol. The molecule has 10 heteroatoms. The predicted octanol–water partition coefficient (Wildman–Crippen LogP) is 0.880. The fraction of sp³-hybridized carbons (Fsp3) is 0.423. The van der Waals surface area contributed by atoms with Crippen molar-refractivity contribution in [2.45, 2.75) is 43.6 Å². The van der Waals surface area contributed by atoms with Crippen molar-refractivity contribution in [3.05, 3.63) is 60.2 Å². The Bertz CT molecular complexity index is 1070. The van der Waals surface area contributed by atoms with Gasteiger partial charge in [0.1, 0.15) is 0 Å². The first kappa shape index (κ1) is 24.4. The van der Waals surface area contributed by atoms with Crippen molar-refractivity contribution in [3.63, 3.8) is 0 Å². The third-order valence-electron chi connectivity index (χ3n) is 6.72. The summed E-state index contributed by atoms with van der Waals surface area (Å²) in [6.45, 7) is 3.18. The molecule has 2 aliphatic heterocycles. The van der Waals surface area contributed by atoms with Gasteiger partial charge in [-0.1, -0.05) is 54.6 Å². The fourth-order valence-corrected chi connectivity index (χ4v) is 5.03. The van der Waals surface area contributed by atoms with Crippen molar-refractivity contribution in [1.82, 2.24) is 15.0 Å². The Labute approximate surface area is 212 Å². The summed E-state index contributed by atoms with van der Waals surface area (Å²) < 4.78 is 0. The molecule has 2 aliphatic rings. The second-order valence-electron chi connectivity index (χ2n) is 10.00. The smallest absolute Gasteiger partial charge is 0.232 e. The lowest BCUT2D eigenvalue weighted by molar-refractivity contribution is 0.441. The lowest BCUT2D eigenvalue weighted by Crippen LogP contribution is -2.54. The number of nitrogens with one attached hydrogen (secondary N) is 1. The summed E-state index contributed by atoms with van der Waals surface area (Å²) in [5.41, 5.74) is 28.5. The van der Waals surface area contributed by atoms with Crippen LogP contribution >= 0.6 is 0 Å². The minimum Gasteiger partial charge on any atom is -0.350 e. The monoisotopic (exact) mass is 488 g/mol. The highest BCUT2D eigenvalue weighted by Gasteiger charge is 2.28. The summed E-state index contributed by atoms with van der Waals surface area (Å²) in [4.78, 5) is 18.3. The van der Waals surface area contributed by atoms with Crippen molar-refractivity contribution in [3.8, 4) is 11.1 Å². The number of hydrogen-bond donors (Lipinski definition) is 5. The van der Waals surface area contributed by atoms with Gasteiger partial charge in [0.05, 0.1) is 0 Å². The lowest BCUT2D eigenvalue weighted by atomic mass is 10.0. The minimum atomic E-state index is -0.0228. The van der Waals surface area contributed by atoms with E-state index in [1.54, 1.807) is 0 Å². The summed E-state index contributed by atoms with van der Waals surface area (Å²) in [6, 6.07) is 18.7. The van der Waals surface area contributed by atoms with Gasteiger partial charge < -0.3 is 38.1 Å². The largest absolute Gasteiger partial charge is 0.350 e. The molecule has 0 bridgehead atoms. The van der Waals surface area contributed by atoms with Crippen molar-refractivity contribution in [1.29, 1.82) is 0 Å². The second kappa shape index (κ2) is 10.8. The Balaban J connectivity index is 1.37. The van der Waals surface area contributed by atoms with Crippen molar-refractivity contribution in [2.75, 3.05) is 41.3 Å². The van der Waals surface area contributed by atoms with Gasteiger partial charge in [0, 0.05) is 56.9 Å². The molecule has 9 N–H and O–H groups in total. The Kier molecular flexibility index (Phi) is 7.28. The maximum atomic E-state index is 6.25. The molecule has 190 valence electrons. The van der Waals surface area contributed by atoms with Crippen LogP contribution in [0.15, 0.2) is 54.6 Å². The van der Waals surface area contributed by atoms with Crippen LogP contribution in [0.25, 0.3) is 11.1 Å². The summed E-state index contributed by atoms with van der Waals surface area (Å²) in [5, 5.41) is 3.38.